The van der Waals surface area contributed by atoms with Crippen LogP contribution in [0, 0.1) is 5.92 Å². The van der Waals surface area contributed by atoms with Crippen LogP contribution in [0.25, 0.3) is 0 Å². The summed E-state index contributed by atoms with van der Waals surface area (Å²) < 4.78 is 0. The molecule has 0 amide bonds. The molecule has 0 radical (unpaired) electrons. The Morgan fingerprint density at radius 1 is 1.00 bits per heavy atom. The largest absolute Gasteiger partial charge is 0.313 e. The summed E-state index contributed by atoms with van der Waals surface area (Å²) in [5, 5.41) is 3.51. The molecular weight excluding hydrogens is 196 g/mol. The molecule has 0 saturated carbocycles. The van der Waals surface area contributed by atoms with E-state index in [1.165, 1.54) is 25.9 Å². The van der Waals surface area contributed by atoms with Crippen LogP contribution in [0.1, 0.15) is 54.4 Å². The lowest BCUT2D eigenvalue weighted by Gasteiger charge is -2.32. The fraction of sp³-hybridized carbons (Fsp3) is 1.00. The quantitative estimate of drug-likeness (QED) is 0.652. The molecule has 0 aliphatic carbocycles. The zero-order valence-electron chi connectivity index (χ0n) is 12.2. The van der Waals surface area contributed by atoms with Crippen LogP contribution < -0.4 is 5.32 Å². The lowest BCUT2D eigenvalue weighted by molar-refractivity contribution is 0.165. The van der Waals surface area contributed by atoms with E-state index < -0.39 is 0 Å². The van der Waals surface area contributed by atoms with Crippen LogP contribution in [0.3, 0.4) is 0 Å². The van der Waals surface area contributed by atoms with Crippen LogP contribution in [-0.2, 0) is 0 Å². The SMILES string of the molecule is CCC(CC)N(CCNC(C)C)CC(C)C. The smallest absolute Gasteiger partial charge is 0.0110 e. The summed E-state index contributed by atoms with van der Waals surface area (Å²) in [7, 11) is 0. The Hall–Kier alpha value is -0.0800. The number of hydrogen-bond acceptors (Lipinski definition) is 2. The average molecular weight is 228 g/mol. The number of hydrogen-bond donors (Lipinski definition) is 1. The topological polar surface area (TPSA) is 15.3 Å². The second-order valence-corrected chi connectivity index (χ2v) is 5.47. The van der Waals surface area contributed by atoms with Crippen molar-refractivity contribution in [3.63, 3.8) is 0 Å². The molecule has 0 spiro atoms. The Morgan fingerprint density at radius 3 is 1.94 bits per heavy atom. The molecule has 0 rings (SSSR count). The van der Waals surface area contributed by atoms with Gasteiger partial charge in [0.25, 0.3) is 0 Å². The monoisotopic (exact) mass is 228 g/mol. The lowest BCUT2D eigenvalue weighted by atomic mass is 10.1. The van der Waals surface area contributed by atoms with E-state index in [0.29, 0.717) is 6.04 Å². The van der Waals surface area contributed by atoms with E-state index in [1.807, 2.05) is 0 Å². The van der Waals surface area contributed by atoms with Gasteiger partial charge in [-0.05, 0) is 18.8 Å². The predicted molar refractivity (Wildman–Crippen MR) is 73.9 cm³/mol. The minimum absolute atomic E-state index is 0.600. The van der Waals surface area contributed by atoms with Gasteiger partial charge in [0, 0.05) is 31.7 Å². The predicted octanol–water partition coefficient (Wildman–Crippen LogP) is 3.13. The van der Waals surface area contributed by atoms with Crippen molar-refractivity contribution in [1.82, 2.24) is 10.2 Å². The Labute approximate surface area is 103 Å². The van der Waals surface area contributed by atoms with Crippen LogP contribution in [0.2, 0.25) is 0 Å². The fourth-order valence-corrected chi connectivity index (χ4v) is 2.19. The van der Waals surface area contributed by atoms with Crippen LogP contribution in [-0.4, -0.2) is 36.6 Å². The van der Waals surface area contributed by atoms with Gasteiger partial charge in [0.2, 0.25) is 0 Å². The van der Waals surface area contributed by atoms with E-state index in [-0.39, 0.29) is 0 Å². The summed E-state index contributed by atoms with van der Waals surface area (Å²) in [6.45, 7) is 17.2. The van der Waals surface area contributed by atoms with Gasteiger partial charge < -0.3 is 5.32 Å². The minimum Gasteiger partial charge on any atom is -0.313 e. The van der Waals surface area contributed by atoms with Gasteiger partial charge >= 0.3 is 0 Å². The van der Waals surface area contributed by atoms with Crippen molar-refractivity contribution < 1.29 is 0 Å². The molecule has 0 atom stereocenters. The third-order valence-electron chi connectivity index (χ3n) is 3.01. The maximum absolute atomic E-state index is 3.51. The van der Waals surface area contributed by atoms with Gasteiger partial charge in [-0.15, -0.1) is 0 Å². The van der Waals surface area contributed by atoms with Crippen molar-refractivity contribution in [1.29, 1.82) is 0 Å². The average Bonchev–Trinajstić information content (AvgIpc) is 2.17. The summed E-state index contributed by atoms with van der Waals surface area (Å²) in [6.07, 6.45) is 2.54. The molecule has 2 heteroatoms. The number of rotatable bonds is 9. The van der Waals surface area contributed by atoms with Gasteiger partial charge in [0.05, 0.1) is 0 Å². The molecular formula is C14H32N2. The van der Waals surface area contributed by atoms with Gasteiger partial charge in [-0.2, -0.15) is 0 Å². The Morgan fingerprint density at radius 2 is 1.56 bits per heavy atom. The van der Waals surface area contributed by atoms with Gasteiger partial charge in [0.1, 0.15) is 0 Å². The van der Waals surface area contributed by atoms with Crippen molar-refractivity contribution in [3.05, 3.63) is 0 Å². The highest BCUT2D eigenvalue weighted by Crippen LogP contribution is 2.10. The van der Waals surface area contributed by atoms with Crippen LogP contribution in [0.5, 0.6) is 0 Å². The highest BCUT2D eigenvalue weighted by Gasteiger charge is 2.15. The maximum atomic E-state index is 3.51. The van der Waals surface area contributed by atoms with E-state index in [4.69, 9.17) is 0 Å². The summed E-state index contributed by atoms with van der Waals surface area (Å²) in [5.41, 5.74) is 0. The molecule has 0 aromatic carbocycles. The van der Waals surface area contributed by atoms with Crippen LogP contribution >= 0.6 is 0 Å². The summed E-state index contributed by atoms with van der Waals surface area (Å²) in [4.78, 5) is 2.65. The first-order valence-electron chi connectivity index (χ1n) is 6.98. The standard InChI is InChI=1S/C14H32N2/c1-7-14(8-2)16(11-12(3)4)10-9-15-13(5)6/h12-15H,7-11H2,1-6H3. The van der Waals surface area contributed by atoms with Crippen molar-refractivity contribution in [3.8, 4) is 0 Å². The van der Waals surface area contributed by atoms with E-state index in [0.717, 1.165) is 18.5 Å². The normalized spacial score (nSPS) is 12.4. The Bertz CT molecular complexity index is 151. The first kappa shape index (κ1) is 15.9. The number of nitrogens with zero attached hydrogens (tertiary/aromatic N) is 1. The molecule has 1 N–H and O–H groups in total. The van der Waals surface area contributed by atoms with E-state index >= 15 is 0 Å². The highest BCUT2D eigenvalue weighted by atomic mass is 15.2. The van der Waals surface area contributed by atoms with E-state index in [9.17, 15) is 0 Å². The molecule has 2 nitrogen and oxygen atoms in total. The zero-order valence-corrected chi connectivity index (χ0v) is 12.2. The van der Waals surface area contributed by atoms with Crippen molar-refractivity contribution in [2.75, 3.05) is 19.6 Å². The van der Waals surface area contributed by atoms with Gasteiger partial charge in [-0.1, -0.05) is 41.5 Å². The molecule has 0 fully saturated rings. The molecule has 0 aliphatic rings. The zero-order chi connectivity index (χ0) is 12.6. The summed E-state index contributed by atoms with van der Waals surface area (Å²) in [5.74, 6) is 0.764. The molecule has 98 valence electrons. The molecule has 16 heavy (non-hydrogen) atoms. The molecule has 0 aromatic heterocycles. The van der Waals surface area contributed by atoms with Crippen molar-refractivity contribution >= 4 is 0 Å². The first-order valence-corrected chi connectivity index (χ1v) is 6.98. The van der Waals surface area contributed by atoms with Gasteiger partial charge in [0.15, 0.2) is 0 Å². The maximum Gasteiger partial charge on any atom is 0.0110 e. The lowest BCUT2D eigenvalue weighted by Crippen LogP contribution is -2.42. The van der Waals surface area contributed by atoms with Crippen LogP contribution in [0.4, 0.5) is 0 Å². The van der Waals surface area contributed by atoms with Gasteiger partial charge in [-0.3, -0.25) is 4.90 Å². The van der Waals surface area contributed by atoms with Crippen LogP contribution in [0.15, 0.2) is 0 Å². The van der Waals surface area contributed by atoms with E-state index in [1.54, 1.807) is 0 Å². The molecule has 0 unspecified atom stereocenters. The molecule has 0 saturated heterocycles. The third-order valence-corrected chi connectivity index (χ3v) is 3.01. The fourth-order valence-electron chi connectivity index (χ4n) is 2.19. The number of nitrogens with one attached hydrogen (secondary N) is 1. The Balaban J connectivity index is 4.08. The molecule has 0 aromatic rings. The van der Waals surface area contributed by atoms with E-state index in [2.05, 4.69) is 51.8 Å². The minimum atomic E-state index is 0.600. The molecule has 0 bridgehead atoms. The highest BCUT2D eigenvalue weighted by molar-refractivity contribution is 4.71. The molecule has 0 heterocycles. The second kappa shape index (κ2) is 9.00. The summed E-state index contributed by atoms with van der Waals surface area (Å²) >= 11 is 0. The van der Waals surface area contributed by atoms with Crippen molar-refractivity contribution in [2.45, 2.75) is 66.5 Å². The first-order chi connectivity index (χ1) is 7.51. The Kier molecular flexibility index (Phi) is 8.96. The second-order valence-electron chi connectivity index (χ2n) is 5.47. The van der Waals surface area contributed by atoms with Crippen molar-refractivity contribution in [2.24, 2.45) is 5.92 Å². The third kappa shape index (κ3) is 7.24. The summed E-state index contributed by atoms with van der Waals surface area (Å²) in [6, 6.07) is 1.36. The molecule has 0 aliphatic heterocycles. The van der Waals surface area contributed by atoms with Gasteiger partial charge in [-0.25, -0.2) is 0 Å².